The van der Waals surface area contributed by atoms with Crippen LogP contribution in [0.25, 0.3) is 0 Å². The van der Waals surface area contributed by atoms with Gasteiger partial charge >= 0.3 is 0 Å². The van der Waals surface area contributed by atoms with Gasteiger partial charge in [-0.05, 0) is 48.9 Å². The van der Waals surface area contributed by atoms with E-state index < -0.39 is 12.3 Å². The van der Waals surface area contributed by atoms with E-state index in [0.29, 0.717) is 5.92 Å². The molecule has 2 aliphatic rings. The first kappa shape index (κ1) is 11.3. The molecular weight excluding hydrogens is 194 g/mol. The van der Waals surface area contributed by atoms with Crippen molar-refractivity contribution in [3.63, 3.8) is 0 Å². The summed E-state index contributed by atoms with van der Waals surface area (Å²) in [5.74, 6) is 0.598. The maximum atomic E-state index is 14.1. The molecule has 0 aromatic rings. The predicted molar refractivity (Wildman–Crippen MR) is 58.1 cm³/mol. The maximum Gasteiger partial charge on any atom is 0.106 e. The Morgan fingerprint density at radius 2 is 1.53 bits per heavy atom. The summed E-state index contributed by atoms with van der Waals surface area (Å²) in [6.45, 7) is 5.85. The molecule has 88 valence electrons. The van der Waals surface area contributed by atoms with Gasteiger partial charge in [0.05, 0.1) is 0 Å². The van der Waals surface area contributed by atoms with Crippen molar-refractivity contribution in [2.24, 2.45) is 29.6 Å². The molecule has 0 saturated heterocycles. The fraction of sp³-hybridized carbons (Fsp3) is 1.00. The van der Waals surface area contributed by atoms with Crippen molar-refractivity contribution < 1.29 is 8.78 Å². The number of halogens is 2. The fourth-order valence-electron chi connectivity index (χ4n) is 3.80. The Morgan fingerprint density at radius 1 is 0.867 bits per heavy atom. The van der Waals surface area contributed by atoms with Gasteiger partial charge < -0.3 is 0 Å². The number of hydrogen-bond acceptors (Lipinski definition) is 0. The minimum atomic E-state index is -0.796. The van der Waals surface area contributed by atoms with Crippen molar-refractivity contribution in [1.29, 1.82) is 0 Å². The highest BCUT2D eigenvalue weighted by Gasteiger charge is 2.48. The summed E-state index contributed by atoms with van der Waals surface area (Å²) in [6, 6.07) is 0. The van der Waals surface area contributed by atoms with Gasteiger partial charge in [-0.25, -0.2) is 8.78 Å². The van der Waals surface area contributed by atoms with Gasteiger partial charge in [0, 0.05) is 0 Å². The summed E-state index contributed by atoms with van der Waals surface area (Å²) < 4.78 is 28.0. The fourth-order valence-corrected chi connectivity index (χ4v) is 3.80. The van der Waals surface area contributed by atoms with Crippen LogP contribution in [0.1, 0.15) is 40.0 Å². The van der Waals surface area contributed by atoms with E-state index in [2.05, 4.69) is 0 Å². The zero-order chi connectivity index (χ0) is 11.2. The summed E-state index contributed by atoms with van der Waals surface area (Å²) in [6.07, 6.45) is 1.41. The lowest BCUT2D eigenvalue weighted by Gasteiger charge is -2.48. The Morgan fingerprint density at radius 3 is 2.20 bits per heavy atom. The van der Waals surface area contributed by atoms with Gasteiger partial charge in [-0.1, -0.05) is 20.8 Å². The SMILES string of the molecule is CC1CC2CCC(C)C(F)C2C(C)C1F. The van der Waals surface area contributed by atoms with Gasteiger partial charge in [-0.3, -0.25) is 0 Å². The zero-order valence-corrected chi connectivity index (χ0v) is 9.92. The average Bonchev–Trinajstić information content (AvgIpc) is 2.20. The molecule has 7 atom stereocenters. The molecule has 0 aromatic carbocycles. The minimum Gasteiger partial charge on any atom is -0.247 e. The molecule has 2 rings (SSSR count). The van der Waals surface area contributed by atoms with Crippen LogP contribution in [0.15, 0.2) is 0 Å². The van der Waals surface area contributed by atoms with Crippen LogP contribution in [0.4, 0.5) is 8.78 Å². The second-order valence-electron chi connectivity index (χ2n) is 5.85. The lowest BCUT2D eigenvalue weighted by Crippen LogP contribution is -2.47. The van der Waals surface area contributed by atoms with E-state index in [1.54, 1.807) is 0 Å². The second kappa shape index (κ2) is 4.03. The second-order valence-corrected chi connectivity index (χ2v) is 5.85. The van der Waals surface area contributed by atoms with E-state index >= 15 is 0 Å². The van der Waals surface area contributed by atoms with E-state index in [-0.39, 0.29) is 23.7 Å². The lowest BCUT2D eigenvalue weighted by molar-refractivity contribution is -0.0566. The van der Waals surface area contributed by atoms with E-state index in [1.165, 1.54) is 0 Å². The molecule has 0 nitrogen and oxygen atoms in total. The largest absolute Gasteiger partial charge is 0.247 e. The maximum absolute atomic E-state index is 14.1. The van der Waals surface area contributed by atoms with Crippen LogP contribution in [0.3, 0.4) is 0 Å². The molecule has 2 fully saturated rings. The molecule has 0 aliphatic heterocycles. The third-order valence-corrected chi connectivity index (χ3v) is 4.78. The first-order valence-electron chi connectivity index (χ1n) is 6.30. The van der Waals surface area contributed by atoms with Crippen molar-refractivity contribution in [1.82, 2.24) is 0 Å². The lowest BCUT2D eigenvalue weighted by atomic mass is 9.60. The quantitative estimate of drug-likeness (QED) is 0.574. The standard InChI is InChI=1S/C13H22F2/c1-7-4-5-10-6-8(2)12(14)9(3)11(10)13(7)15/h7-13H,4-6H2,1-3H3. The first-order chi connectivity index (χ1) is 7.02. The van der Waals surface area contributed by atoms with Gasteiger partial charge in [0.15, 0.2) is 0 Å². The molecule has 0 N–H and O–H groups in total. The Balaban J connectivity index is 2.16. The molecule has 2 aliphatic carbocycles. The van der Waals surface area contributed by atoms with E-state index in [9.17, 15) is 8.78 Å². The normalized spacial score (nSPS) is 56.2. The summed E-state index contributed by atoms with van der Waals surface area (Å²) in [7, 11) is 0. The molecule has 0 heterocycles. The molecule has 15 heavy (non-hydrogen) atoms. The van der Waals surface area contributed by atoms with Crippen LogP contribution >= 0.6 is 0 Å². The Kier molecular flexibility index (Phi) is 3.05. The van der Waals surface area contributed by atoms with Crippen LogP contribution in [-0.2, 0) is 0 Å². The van der Waals surface area contributed by atoms with Gasteiger partial charge in [0.25, 0.3) is 0 Å². The molecule has 0 aromatic heterocycles. The molecule has 0 radical (unpaired) electrons. The number of fused-ring (bicyclic) bond motifs is 1. The smallest absolute Gasteiger partial charge is 0.106 e. The van der Waals surface area contributed by atoms with Crippen LogP contribution in [0.5, 0.6) is 0 Å². The van der Waals surface area contributed by atoms with Crippen LogP contribution in [-0.4, -0.2) is 12.3 Å². The van der Waals surface area contributed by atoms with Crippen molar-refractivity contribution in [2.45, 2.75) is 52.4 Å². The summed E-state index contributed by atoms with van der Waals surface area (Å²) in [5.41, 5.74) is 0. The van der Waals surface area contributed by atoms with Crippen molar-refractivity contribution >= 4 is 0 Å². The third kappa shape index (κ3) is 1.81. The summed E-state index contributed by atoms with van der Waals surface area (Å²) in [4.78, 5) is 0. The van der Waals surface area contributed by atoms with Gasteiger partial charge in [0.2, 0.25) is 0 Å². The number of rotatable bonds is 0. The van der Waals surface area contributed by atoms with Crippen molar-refractivity contribution in [3.8, 4) is 0 Å². The zero-order valence-electron chi connectivity index (χ0n) is 9.92. The summed E-state index contributed by atoms with van der Waals surface area (Å²) in [5, 5.41) is 0. The third-order valence-electron chi connectivity index (χ3n) is 4.78. The minimum absolute atomic E-state index is 0.0139. The Hall–Kier alpha value is -0.140. The van der Waals surface area contributed by atoms with Crippen LogP contribution in [0.2, 0.25) is 0 Å². The summed E-state index contributed by atoms with van der Waals surface area (Å²) >= 11 is 0. The molecule has 2 saturated carbocycles. The molecular formula is C13H22F2. The van der Waals surface area contributed by atoms with E-state index in [1.807, 2.05) is 20.8 Å². The Bertz CT molecular complexity index is 227. The molecule has 7 unspecified atom stereocenters. The molecule has 2 heteroatoms. The predicted octanol–water partition coefficient (Wildman–Crippen LogP) is 4.00. The topological polar surface area (TPSA) is 0 Å². The average molecular weight is 216 g/mol. The number of alkyl halides is 2. The van der Waals surface area contributed by atoms with Crippen LogP contribution in [0, 0.1) is 29.6 Å². The Labute approximate surface area is 91.4 Å². The molecule has 0 bridgehead atoms. The first-order valence-corrected chi connectivity index (χ1v) is 6.30. The molecule has 0 amide bonds. The van der Waals surface area contributed by atoms with E-state index in [4.69, 9.17) is 0 Å². The van der Waals surface area contributed by atoms with E-state index in [0.717, 1.165) is 19.3 Å². The monoisotopic (exact) mass is 216 g/mol. The van der Waals surface area contributed by atoms with Crippen LogP contribution < -0.4 is 0 Å². The highest BCUT2D eigenvalue weighted by atomic mass is 19.1. The molecule has 0 spiro atoms. The van der Waals surface area contributed by atoms with Gasteiger partial charge in [-0.2, -0.15) is 0 Å². The van der Waals surface area contributed by atoms with Crippen molar-refractivity contribution in [3.05, 3.63) is 0 Å². The van der Waals surface area contributed by atoms with Gasteiger partial charge in [0.1, 0.15) is 12.3 Å². The number of hydrogen-bond donors (Lipinski definition) is 0. The van der Waals surface area contributed by atoms with Gasteiger partial charge in [-0.15, -0.1) is 0 Å². The highest BCUT2D eigenvalue weighted by Crippen LogP contribution is 2.49. The van der Waals surface area contributed by atoms with Crippen molar-refractivity contribution in [2.75, 3.05) is 0 Å². The highest BCUT2D eigenvalue weighted by molar-refractivity contribution is 4.96.